The molecule has 1 aliphatic rings. The minimum atomic E-state index is -0.508. The molecular weight excluding hydrogens is 364 g/mol. The van der Waals surface area contributed by atoms with Crippen molar-refractivity contribution < 1.29 is 9.32 Å². The van der Waals surface area contributed by atoms with E-state index in [0.717, 1.165) is 36.9 Å². The number of amides is 1. The molecule has 1 amide bonds. The summed E-state index contributed by atoms with van der Waals surface area (Å²) in [7, 11) is 1.92. The van der Waals surface area contributed by atoms with Crippen LogP contribution in [0.1, 0.15) is 37.1 Å². The molecule has 1 N–H and O–H groups in total. The van der Waals surface area contributed by atoms with Crippen LogP contribution in [0.3, 0.4) is 0 Å². The second-order valence-electron chi connectivity index (χ2n) is 6.99. The Hall–Kier alpha value is -2.60. The lowest BCUT2D eigenvalue weighted by Gasteiger charge is -2.28. The number of nitrogens with zero attached hydrogens (tertiary/aromatic N) is 3. The van der Waals surface area contributed by atoms with E-state index < -0.39 is 5.41 Å². The summed E-state index contributed by atoms with van der Waals surface area (Å²) in [5.41, 5.74) is 1.37. The van der Waals surface area contributed by atoms with Gasteiger partial charge in [-0.2, -0.15) is 4.98 Å². The van der Waals surface area contributed by atoms with E-state index in [0.29, 0.717) is 16.7 Å². The van der Waals surface area contributed by atoms with Crippen molar-refractivity contribution in [2.75, 3.05) is 0 Å². The maximum atomic E-state index is 13.1. The van der Waals surface area contributed by atoms with Crippen molar-refractivity contribution in [1.29, 1.82) is 0 Å². The van der Waals surface area contributed by atoms with Crippen LogP contribution in [0.25, 0.3) is 11.5 Å². The van der Waals surface area contributed by atoms with Crippen LogP contribution in [0.5, 0.6) is 0 Å². The predicted molar refractivity (Wildman–Crippen MR) is 102 cm³/mol. The maximum absolute atomic E-state index is 13.1. The molecule has 140 valence electrons. The number of aromatic nitrogens is 3. The number of carbonyl (C=O) groups excluding carboxylic acids is 1. The number of hydrogen-bond acceptors (Lipinski definition) is 4. The van der Waals surface area contributed by atoms with Gasteiger partial charge in [0, 0.05) is 18.3 Å². The lowest BCUT2D eigenvalue weighted by molar-refractivity contribution is -0.127. The van der Waals surface area contributed by atoms with Crippen LogP contribution in [0.15, 0.2) is 47.1 Å². The van der Waals surface area contributed by atoms with Crippen LogP contribution in [0.2, 0.25) is 5.02 Å². The van der Waals surface area contributed by atoms with Gasteiger partial charge in [-0.25, -0.2) is 0 Å². The number of halogens is 1. The van der Waals surface area contributed by atoms with Gasteiger partial charge in [0.2, 0.25) is 17.6 Å². The van der Waals surface area contributed by atoms with Crippen molar-refractivity contribution in [3.05, 3.63) is 59.1 Å². The highest BCUT2D eigenvalue weighted by atomic mass is 35.5. The zero-order valence-electron chi connectivity index (χ0n) is 15.1. The second-order valence-corrected chi connectivity index (χ2v) is 7.43. The fraction of sp³-hybridized carbons (Fsp3) is 0.350. The van der Waals surface area contributed by atoms with Gasteiger partial charge in [0.25, 0.3) is 0 Å². The third-order valence-corrected chi connectivity index (χ3v) is 5.58. The molecule has 0 saturated heterocycles. The van der Waals surface area contributed by atoms with Crippen molar-refractivity contribution >= 4 is 17.5 Å². The molecule has 4 rings (SSSR count). The van der Waals surface area contributed by atoms with Gasteiger partial charge in [-0.3, -0.25) is 4.79 Å². The van der Waals surface area contributed by atoms with Crippen LogP contribution in [-0.2, 0) is 23.8 Å². The minimum Gasteiger partial charge on any atom is -0.348 e. The molecule has 7 heteroatoms. The highest BCUT2D eigenvalue weighted by Crippen LogP contribution is 2.41. The summed E-state index contributed by atoms with van der Waals surface area (Å²) in [5.74, 6) is 0.907. The summed E-state index contributed by atoms with van der Waals surface area (Å²) in [5, 5.41) is 7.67. The number of hydrogen-bond donors (Lipinski definition) is 1. The van der Waals surface area contributed by atoms with Crippen molar-refractivity contribution in [3.8, 4) is 11.5 Å². The molecule has 0 radical (unpaired) electrons. The highest BCUT2D eigenvalue weighted by molar-refractivity contribution is 6.30. The van der Waals surface area contributed by atoms with E-state index in [2.05, 4.69) is 15.5 Å². The first kappa shape index (κ1) is 17.8. The van der Waals surface area contributed by atoms with Gasteiger partial charge in [0.1, 0.15) is 0 Å². The Labute approximate surface area is 162 Å². The Bertz CT molecular complexity index is 939. The van der Waals surface area contributed by atoms with Gasteiger partial charge >= 0.3 is 0 Å². The van der Waals surface area contributed by atoms with Gasteiger partial charge in [-0.15, -0.1) is 0 Å². The van der Waals surface area contributed by atoms with E-state index in [1.54, 1.807) is 0 Å². The molecule has 1 fully saturated rings. The van der Waals surface area contributed by atoms with Gasteiger partial charge in [-0.05, 0) is 42.7 Å². The van der Waals surface area contributed by atoms with E-state index in [4.69, 9.17) is 16.1 Å². The average Bonchev–Trinajstić information content (AvgIpc) is 3.41. The monoisotopic (exact) mass is 384 g/mol. The second kappa shape index (κ2) is 7.19. The largest absolute Gasteiger partial charge is 0.348 e. The van der Waals surface area contributed by atoms with Gasteiger partial charge < -0.3 is 14.4 Å². The van der Waals surface area contributed by atoms with E-state index >= 15 is 0 Å². The van der Waals surface area contributed by atoms with E-state index in [-0.39, 0.29) is 12.5 Å². The Morgan fingerprint density at radius 2 is 2.00 bits per heavy atom. The van der Waals surface area contributed by atoms with Crippen LogP contribution >= 0.6 is 11.6 Å². The summed E-state index contributed by atoms with van der Waals surface area (Å²) in [4.78, 5) is 17.5. The molecule has 0 unspecified atom stereocenters. The Morgan fingerprint density at radius 3 is 2.67 bits per heavy atom. The molecule has 0 aliphatic heterocycles. The lowest BCUT2D eigenvalue weighted by atomic mass is 9.78. The maximum Gasteiger partial charge on any atom is 0.246 e. The highest BCUT2D eigenvalue weighted by Gasteiger charge is 2.42. The summed E-state index contributed by atoms with van der Waals surface area (Å²) < 4.78 is 7.22. The number of nitrogens with one attached hydrogen (secondary N) is 1. The van der Waals surface area contributed by atoms with E-state index in [9.17, 15) is 4.79 Å². The number of aryl methyl sites for hydroxylation is 1. The van der Waals surface area contributed by atoms with Gasteiger partial charge in [-0.1, -0.05) is 41.7 Å². The molecule has 27 heavy (non-hydrogen) atoms. The van der Waals surface area contributed by atoms with Crippen LogP contribution in [0.4, 0.5) is 0 Å². The predicted octanol–water partition coefficient (Wildman–Crippen LogP) is 3.86. The van der Waals surface area contributed by atoms with Crippen molar-refractivity contribution in [2.24, 2.45) is 7.05 Å². The minimum absolute atomic E-state index is 0.000870. The van der Waals surface area contributed by atoms with Crippen molar-refractivity contribution in [3.63, 3.8) is 0 Å². The average molecular weight is 385 g/mol. The first-order valence-electron chi connectivity index (χ1n) is 9.07. The van der Waals surface area contributed by atoms with Gasteiger partial charge in [0.15, 0.2) is 0 Å². The number of carbonyl (C=O) groups is 1. The van der Waals surface area contributed by atoms with Crippen LogP contribution in [0, 0.1) is 0 Å². The summed E-state index contributed by atoms with van der Waals surface area (Å²) >= 11 is 6.01. The Morgan fingerprint density at radius 1 is 1.26 bits per heavy atom. The molecule has 1 aliphatic carbocycles. The molecule has 3 aromatic rings. The smallest absolute Gasteiger partial charge is 0.246 e. The van der Waals surface area contributed by atoms with Crippen LogP contribution in [-0.4, -0.2) is 20.6 Å². The zero-order chi connectivity index (χ0) is 18.9. The summed E-state index contributed by atoms with van der Waals surface area (Å²) in [6.07, 6.45) is 5.66. The van der Waals surface area contributed by atoms with E-state index in [1.807, 2.05) is 54.2 Å². The molecule has 0 bridgehead atoms. The molecule has 6 nitrogen and oxygen atoms in total. The van der Waals surface area contributed by atoms with Crippen LogP contribution < -0.4 is 5.32 Å². The molecule has 2 heterocycles. The van der Waals surface area contributed by atoms with Crippen molar-refractivity contribution in [1.82, 2.24) is 20.0 Å². The molecular formula is C20H21ClN4O2. The normalized spacial score (nSPS) is 15.8. The fourth-order valence-corrected chi connectivity index (χ4v) is 3.97. The summed E-state index contributed by atoms with van der Waals surface area (Å²) in [6, 6.07) is 11.4. The molecule has 0 atom stereocenters. The first-order chi connectivity index (χ1) is 13.1. The third kappa shape index (κ3) is 3.37. The molecule has 2 aromatic heterocycles. The lowest BCUT2D eigenvalue weighted by Crippen LogP contribution is -2.42. The standard InChI is InChI=1S/C20H21ClN4O2/c1-25-12-4-5-16(25)18-23-17(27-24-18)13-22-19(26)20(10-2-3-11-20)14-6-8-15(21)9-7-14/h4-9,12H,2-3,10-11,13H2,1H3,(H,22,26). The van der Waals surface area contributed by atoms with Gasteiger partial charge in [0.05, 0.1) is 17.7 Å². The summed E-state index contributed by atoms with van der Waals surface area (Å²) in [6.45, 7) is 0.214. The van der Waals surface area contributed by atoms with E-state index in [1.165, 1.54) is 0 Å². The molecule has 1 saturated carbocycles. The quantitative estimate of drug-likeness (QED) is 0.725. The number of benzene rings is 1. The zero-order valence-corrected chi connectivity index (χ0v) is 15.9. The molecule has 1 aromatic carbocycles. The first-order valence-corrected chi connectivity index (χ1v) is 9.45. The Kier molecular flexibility index (Phi) is 4.74. The number of rotatable bonds is 5. The SMILES string of the molecule is Cn1cccc1-c1noc(CNC(=O)C2(c3ccc(Cl)cc3)CCCC2)n1. The Balaban J connectivity index is 1.49. The third-order valence-electron chi connectivity index (χ3n) is 5.33. The molecule has 0 spiro atoms. The van der Waals surface area contributed by atoms with Crippen molar-refractivity contribution in [2.45, 2.75) is 37.6 Å². The topological polar surface area (TPSA) is 73.0 Å². The fourth-order valence-electron chi connectivity index (χ4n) is 3.84.